The molecule has 0 bridgehead atoms. The lowest BCUT2D eigenvalue weighted by Crippen LogP contribution is -2.30. The zero-order valence-electron chi connectivity index (χ0n) is 9.61. The Bertz CT molecular complexity index is 527. The number of hydrogen-bond donors (Lipinski definition) is 2. The zero-order valence-corrected chi connectivity index (χ0v) is 10.4. The molecule has 6 heteroatoms. The third-order valence-electron chi connectivity index (χ3n) is 2.47. The van der Waals surface area contributed by atoms with Gasteiger partial charge in [-0.2, -0.15) is 0 Å². The van der Waals surface area contributed by atoms with Gasteiger partial charge in [0.2, 0.25) is 0 Å². The van der Waals surface area contributed by atoms with Crippen LogP contribution in [0.1, 0.15) is 11.4 Å². The number of rotatable bonds is 5. The van der Waals surface area contributed by atoms with Gasteiger partial charge in [-0.05, 0) is 18.6 Å². The fourth-order valence-corrected chi connectivity index (χ4v) is 2.27. The molecule has 0 aliphatic carbocycles. The summed E-state index contributed by atoms with van der Waals surface area (Å²) in [5.74, 6) is -0.975. The number of nitrogens with zero attached hydrogens (tertiary/aromatic N) is 2. The van der Waals surface area contributed by atoms with E-state index in [-0.39, 0.29) is 0 Å². The molecule has 18 heavy (non-hydrogen) atoms. The number of pyridine rings is 1. The predicted molar refractivity (Wildman–Crippen MR) is 69.3 cm³/mol. The van der Waals surface area contributed by atoms with Crippen molar-refractivity contribution in [1.29, 1.82) is 0 Å². The molecule has 2 heterocycles. The van der Waals surface area contributed by atoms with Gasteiger partial charge in [0.05, 0.1) is 16.4 Å². The van der Waals surface area contributed by atoms with Crippen LogP contribution in [0.2, 0.25) is 0 Å². The lowest BCUT2D eigenvalue weighted by molar-refractivity contribution is -0.138. The number of aromatic nitrogens is 2. The van der Waals surface area contributed by atoms with Crippen LogP contribution in [0.4, 0.5) is 0 Å². The van der Waals surface area contributed by atoms with Crippen molar-refractivity contribution in [3.63, 3.8) is 0 Å². The normalized spacial score (nSPS) is 12.3. The second-order valence-corrected chi connectivity index (χ2v) is 4.77. The summed E-state index contributed by atoms with van der Waals surface area (Å²) in [5.41, 5.74) is 7.09. The minimum absolute atomic E-state index is 0.393. The Morgan fingerprint density at radius 2 is 2.28 bits per heavy atom. The van der Waals surface area contributed by atoms with Crippen LogP contribution in [0.15, 0.2) is 29.8 Å². The summed E-state index contributed by atoms with van der Waals surface area (Å²) >= 11 is 1.50. The van der Waals surface area contributed by atoms with Crippen molar-refractivity contribution in [2.24, 2.45) is 5.73 Å². The third-order valence-corrected chi connectivity index (χ3v) is 3.37. The topological polar surface area (TPSA) is 89.1 Å². The van der Waals surface area contributed by atoms with E-state index < -0.39 is 12.0 Å². The second-order valence-electron chi connectivity index (χ2n) is 3.82. The molecular formula is C12H13N3O2S. The van der Waals surface area contributed by atoms with Crippen LogP contribution in [-0.4, -0.2) is 27.1 Å². The molecule has 1 unspecified atom stereocenters. The molecule has 2 aromatic rings. The smallest absolute Gasteiger partial charge is 0.320 e. The number of nitrogens with two attached hydrogens (primary N) is 1. The van der Waals surface area contributed by atoms with E-state index >= 15 is 0 Å². The van der Waals surface area contributed by atoms with Gasteiger partial charge in [-0.1, -0.05) is 6.07 Å². The molecule has 3 N–H and O–H groups in total. The first-order valence-corrected chi connectivity index (χ1v) is 6.39. The van der Waals surface area contributed by atoms with Gasteiger partial charge in [-0.25, -0.2) is 4.98 Å². The molecule has 94 valence electrons. The number of carboxylic acid groups (broad SMARTS) is 1. The van der Waals surface area contributed by atoms with Crippen LogP contribution in [0.3, 0.4) is 0 Å². The third kappa shape index (κ3) is 3.12. The summed E-state index contributed by atoms with van der Waals surface area (Å²) in [7, 11) is 0. The summed E-state index contributed by atoms with van der Waals surface area (Å²) in [6.45, 7) is 0. The van der Waals surface area contributed by atoms with Crippen LogP contribution in [-0.2, 0) is 11.2 Å². The van der Waals surface area contributed by atoms with Gasteiger partial charge in [0.25, 0.3) is 0 Å². The highest BCUT2D eigenvalue weighted by Crippen LogP contribution is 2.20. The minimum atomic E-state index is -0.975. The van der Waals surface area contributed by atoms with E-state index in [0.29, 0.717) is 12.8 Å². The lowest BCUT2D eigenvalue weighted by Gasteiger charge is -2.03. The highest BCUT2D eigenvalue weighted by Gasteiger charge is 2.12. The summed E-state index contributed by atoms with van der Waals surface area (Å²) < 4.78 is 0. The predicted octanol–water partition coefficient (Wildman–Crippen LogP) is 1.55. The molecule has 0 fully saturated rings. The van der Waals surface area contributed by atoms with Crippen molar-refractivity contribution >= 4 is 17.3 Å². The van der Waals surface area contributed by atoms with Crippen molar-refractivity contribution in [2.75, 3.05) is 0 Å². The van der Waals surface area contributed by atoms with Crippen LogP contribution < -0.4 is 5.73 Å². The van der Waals surface area contributed by atoms with Gasteiger partial charge in [0.1, 0.15) is 6.04 Å². The largest absolute Gasteiger partial charge is 0.480 e. The van der Waals surface area contributed by atoms with Gasteiger partial charge in [0.15, 0.2) is 0 Å². The molecule has 0 aliphatic rings. The van der Waals surface area contributed by atoms with E-state index in [1.54, 1.807) is 6.20 Å². The molecule has 2 aromatic heterocycles. The highest BCUT2D eigenvalue weighted by atomic mass is 32.1. The average Bonchev–Trinajstić information content (AvgIpc) is 2.85. The van der Waals surface area contributed by atoms with Crippen LogP contribution >= 0.6 is 11.3 Å². The molecule has 0 amide bonds. The molecule has 2 rings (SSSR count). The molecule has 0 saturated carbocycles. The van der Waals surface area contributed by atoms with Gasteiger partial charge in [0, 0.05) is 18.0 Å². The summed E-state index contributed by atoms with van der Waals surface area (Å²) in [5, 5.41) is 11.5. The van der Waals surface area contributed by atoms with E-state index in [2.05, 4.69) is 9.97 Å². The summed E-state index contributed by atoms with van der Waals surface area (Å²) in [6.07, 6.45) is 2.68. The molecule has 5 nitrogen and oxygen atoms in total. The Morgan fingerprint density at radius 3 is 2.94 bits per heavy atom. The molecule has 0 radical (unpaired) electrons. The number of thiazole rings is 1. The van der Waals surface area contributed by atoms with E-state index in [9.17, 15) is 4.79 Å². The molecular weight excluding hydrogens is 250 g/mol. The Kier molecular flexibility index (Phi) is 4.01. The quantitative estimate of drug-likeness (QED) is 0.854. The Hall–Kier alpha value is -1.79. The van der Waals surface area contributed by atoms with Crippen molar-refractivity contribution in [2.45, 2.75) is 18.9 Å². The van der Waals surface area contributed by atoms with E-state index in [4.69, 9.17) is 10.8 Å². The van der Waals surface area contributed by atoms with Gasteiger partial charge >= 0.3 is 5.97 Å². The number of aliphatic carboxylic acids is 1. The van der Waals surface area contributed by atoms with Crippen LogP contribution in [0.5, 0.6) is 0 Å². The number of carbonyl (C=O) groups is 1. The lowest BCUT2D eigenvalue weighted by atomic mass is 10.2. The van der Waals surface area contributed by atoms with Crippen molar-refractivity contribution in [3.8, 4) is 11.4 Å². The highest BCUT2D eigenvalue weighted by molar-refractivity contribution is 7.09. The van der Waals surface area contributed by atoms with Crippen LogP contribution in [0.25, 0.3) is 11.4 Å². The fourth-order valence-electron chi connectivity index (χ4n) is 1.46. The maximum Gasteiger partial charge on any atom is 0.320 e. The molecule has 1 atom stereocenters. The first-order chi connectivity index (χ1) is 8.66. The van der Waals surface area contributed by atoms with Crippen molar-refractivity contribution in [3.05, 3.63) is 34.8 Å². The zero-order chi connectivity index (χ0) is 13.0. The summed E-state index contributed by atoms with van der Waals surface area (Å²) in [6, 6.07) is 4.82. The molecule has 0 saturated heterocycles. The maximum absolute atomic E-state index is 10.6. The number of hydrogen-bond acceptors (Lipinski definition) is 5. The Balaban J connectivity index is 2.01. The minimum Gasteiger partial charge on any atom is -0.480 e. The van der Waals surface area contributed by atoms with Gasteiger partial charge in [-0.3, -0.25) is 9.78 Å². The molecule has 0 aromatic carbocycles. The second kappa shape index (κ2) is 5.70. The van der Waals surface area contributed by atoms with E-state index in [1.165, 1.54) is 11.3 Å². The van der Waals surface area contributed by atoms with Crippen molar-refractivity contribution in [1.82, 2.24) is 9.97 Å². The standard InChI is InChI=1S/C12H13N3O2S/c13-8(12(16)17)4-5-11-15-10(7-18-11)9-3-1-2-6-14-9/h1-3,6-8H,4-5,13H2,(H,16,17). The number of aryl methyl sites for hydroxylation is 1. The van der Waals surface area contributed by atoms with E-state index in [1.807, 2.05) is 23.6 Å². The van der Waals surface area contributed by atoms with Gasteiger partial charge < -0.3 is 10.8 Å². The average molecular weight is 263 g/mol. The molecule has 0 aliphatic heterocycles. The SMILES string of the molecule is NC(CCc1nc(-c2ccccn2)cs1)C(=O)O. The van der Waals surface area contributed by atoms with E-state index in [0.717, 1.165) is 16.4 Å². The van der Waals surface area contributed by atoms with Crippen LogP contribution in [0, 0.1) is 0 Å². The Labute approximate surface area is 108 Å². The molecule has 0 spiro atoms. The maximum atomic E-state index is 10.6. The first kappa shape index (κ1) is 12.7. The number of carboxylic acids is 1. The Morgan fingerprint density at radius 1 is 1.44 bits per heavy atom. The first-order valence-electron chi connectivity index (χ1n) is 5.51. The van der Waals surface area contributed by atoms with Crippen molar-refractivity contribution < 1.29 is 9.90 Å². The van der Waals surface area contributed by atoms with Gasteiger partial charge in [-0.15, -0.1) is 11.3 Å². The fraction of sp³-hybridized carbons (Fsp3) is 0.250. The monoisotopic (exact) mass is 263 g/mol. The summed E-state index contributed by atoms with van der Waals surface area (Å²) in [4.78, 5) is 19.2.